The summed E-state index contributed by atoms with van der Waals surface area (Å²) >= 11 is 0. The van der Waals surface area contributed by atoms with Gasteiger partial charge in [-0.15, -0.1) is 0 Å². The quantitative estimate of drug-likeness (QED) is 0.604. The zero-order valence-corrected chi connectivity index (χ0v) is 9.59. The van der Waals surface area contributed by atoms with E-state index in [4.69, 9.17) is 9.84 Å². The lowest BCUT2D eigenvalue weighted by molar-refractivity contribution is -0.205. The van der Waals surface area contributed by atoms with Crippen molar-refractivity contribution in [2.24, 2.45) is 0 Å². The molecule has 2 rings (SSSR count). The SMILES string of the molecule is Cc1cn([C@@]2([18F])C[C@H](O)[C@@H](CO)O2)c(=O)[nH]c1=O. The number of nitrogens with zero attached hydrogens (tertiary/aromatic N) is 1. The number of hydrogen-bond donors (Lipinski definition) is 3. The Bertz CT molecular complexity index is 568. The van der Waals surface area contributed by atoms with Crippen LogP contribution in [0.4, 0.5) is 4.39 Å². The largest absolute Gasteiger partial charge is 0.394 e. The molecule has 0 bridgehead atoms. The van der Waals surface area contributed by atoms with E-state index in [1.54, 1.807) is 0 Å². The molecule has 0 amide bonds. The standard InChI is InChI=1S/C10H13FN2O5/c1-5-3-13(9(17)12-8(5)16)10(11)2-6(15)7(4-14)18-10/h3,6-7,14-15H,2,4H2,1H3,(H,12,16,17)/t6-,7+,10-/m0/s1/i11-1. The second-order valence-corrected chi connectivity index (χ2v) is 4.24. The van der Waals surface area contributed by atoms with Crippen LogP contribution in [0.2, 0.25) is 0 Å². The molecule has 3 N–H and O–H groups in total. The van der Waals surface area contributed by atoms with E-state index in [1.165, 1.54) is 6.92 Å². The van der Waals surface area contributed by atoms with Crippen molar-refractivity contribution >= 4 is 0 Å². The monoisotopic (exact) mass is 259 g/mol. The summed E-state index contributed by atoms with van der Waals surface area (Å²) in [6.45, 7) is 0.844. The van der Waals surface area contributed by atoms with Gasteiger partial charge < -0.3 is 14.9 Å². The molecular formula is C10H13FN2O5. The van der Waals surface area contributed by atoms with Crippen LogP contribution in [0.15, 0.2) is 15.8 Å². The third-order valence-electron chi connectivity index (χ3n) is 2.88. The van der Waals surface area contributed by atoms with Crippen LogP contribution in [0.1, 0.15) is 12.0 Å². The first-order chi connectivity index (χ1) is 8.37. The van der Waals surface area contributed by atoms with Crippen LogP contribution in [0.5, 0.6) is 0 Å². The number of aromatic amines is 1. The molecule has 0 saturated carbocycles. The lowest BCUT2D eigenvalue weighted by atomic mass is 10.2. The zero-order valence-electron chi connectivity index (χ0n) is 9.59. The highest BCUT2D eigenvalue weighted by molar-refractivity contribution is 5.03. The number of H-pyrrole nitrogens is 1. The van der Waals surface area contributed by atoms with Crippen LogP contribution >= 0.6 is 0 Å². The lowest BCUT2D eigenvalue weighted by Gasteiger charge is -2.22. The molecule has 100 valence electrons. The second kappa shape index (κ2) is 4.30. The Morgan fingerprint density at radius 1 is 1.67 bits per heavy atom. The molecule has 0 radical (unpaired) electrons. The Labute approximate surface area is 100 Å². The van der Waals surface area contributed by atoms with E-state index in [-0.39, 0.29) is 5.56 Å². The summed E-state index contributed by atoms with van der Waals surface area (Å²) in [4.78, 5) is 24.6. The van der Waals surface area contributed by atoms with E-state index >= 15 is 0 Å². The van der Waals surface area contributed by atoms with Gasteiger partial charge in [-0.3, -0.25) is 9.78 Å². The Balaban J connectivity index is 2.47. The fourth-order valence-electron chi connectivity index (χ4n) is 1.88. The Morgan fingerprint density at radius 3 is 2.89 bits per heavy atom. The average Bonchev–Trinajstić information content (AvgIpc) is 2.59. The highest BCUT2D eigenvalue weighted by Crippen LogP contribution is 2.35. The number of aliphatic hydroxyl groups excluding tert-OH is 2. The number of alkyl halides is 1. The van der Waals surface area contributed by atoms with Gasteiger partial charge in [0.2, 0.25) is 0 Å². The molecule has 0 spiro atoms. The van der Waals surface area contributed by atoms with Crippen molar-refractivity contribution in [1.82, 2.24) is 9.55 Å². The minimum Gasteiger partial charge on any atom is -0.394 e. The first-order valence-electron chi connectivity index (χ1n) is 5.36. The van der Waals surface area contributed by atoms with E-state index in [2.05, 4.69) is 0 Å². The Hall–Kier alpha value is -1.51. The van der Waals surface area contributed by atoms with Gasteiger partial charge in [-0.2, -0.15) is 4.39 Å². The summed E-state index contributed by atoms with van der Waals surface area (Å²) in [6, 6.07) is 0. The maximum atomic E-state index is 14.5. The van der Waals surface area contributed by atoms with Crippen LogP contribution in [-0.4, -0.2) is 38.6 Å². The van der Waals surface area contributed by atoms with Gasteiger partial charge >= 0.3 is 5.69 Å². The van der Waals surface area contributed by atoms with Crippen molar-refractivity contribution in [2.75, 3.05) is 6.61 Å². The Kier molecular flexibility index (Phi) is 3.09. The third kappa shape index (κ3) is 1.98. The van der Waals surface area contributed by atoms with E-state index in [0.717, 1.165) is 6.20 Å². The van der Waals surface area contributed by atoms with Gasteiger partial charge in [0, 0.05) is 11.8 Å². The number of nitrogens with one attached hydrogen (secondary N) is 1. The number of aromatic nitrogens is 2. The summed E-state index contributed by atoms with van der Waals surface area (Å²) in [7, 11) is 0. The topological polar surface area (TPSA) is 105 Å². The summed E-state index contributed by atoms with van der Waals surface area (Å²) in [5.41, 5.74) is -1.45. The van der Waals surface area contributed by atoms with Gasteiger partial charge in [0.25, 0.3) is 11.5 Å². The number of rotatable bonds is 2. The van der Waals surface area contributed by atoms with E-state index in [9.17, 15) is 19.1 Å². The predicted molar refractivity (Wildman–Crippen MR) is 57.7 cm³/mol. The second-order valence-electron chi connectivity index (χ2n) is 4.24. The molecule has 1 aromatic rings. The molecule has 3 atom stereocenters. The summed E-state index contributed by atoms with van der Waals surface area (Å²) in [5.74, 6) is -2.57. The van der Waals surface area contributed by atoms with Crippen LogP contribution in [0, 0.1) is 6.92 Å². The smallest absolute Gasteiger partial charge is 0.332 e. The molecular weight excluding hydrogens is 246 g/mol. The normalized spacial score (nSPS) is 31.8. The molecule has 1 aromatic heterocycles. The molecule has 1 aliphatic rings. The summed E-state index contributed by atoms with van der Waals surface area (Å²) in [6.07, 6.45) is -1.80. The average molecular weight is 259 g/mol. The molecule has 8 heteroatoms. The van der Waals surface area contributed by atoms with Crippen molar-refractivity contribution in [3.8, 4) is 0 Å². The van der Waals surface area contributed by atoms with E-state index in [0.29, 0.717) is 4.57 Å². The molecule has 18 heavy (non-hydrogen) atoms. The molecule has 0 unspecified atom stereocenters. The minimum atomic E-state index is -2.57. The highest BCUT2D eigenvalue weighted by atomic mass is 18.2. The fourth-order valence-corrected chi connectivity index (χ4v) is 1.88. The van der Waals surface area contributed by atoms with E-state index in [1.807, 2.05) is 4.98 Å². The van der Waals surface area contributed by atoms with Crippen LogP contribution < -0.4 is 11.2 Å². The van der Waals surface area contributed by atoms with Crippen molar-refractivity contribution < 1.29 is 19.3 Å². The molecule has 0 aromatic carbocycles. The van der Waals surface area contributed by atoms with Crippen LogP contribution in [0.3, 0.4) is 0 Å². The number of halogens is 1. The molecule has 1 aliphatic heterocycles. The fraction of sp³-hybridized carbons (Fsp3) is 0.600. The first kappa shape index (κ1) is 12.9. The molecule has 2 heterocycles. The highest BCUT2D eigenvalue weighted by Gasteiger charge is 2.48. The molecule has 7 nitrogen and oxygen atoms in total. The van der Waals surface area contributed by atoms with Gasteiger partial charge in [0.05, 0.1) is 19.1 Å². The van der Waals surface area contributed by atoms with Crippen LogP contribution in [0.25, 0.3) is 0 Å². The summed E-state index contributed by atoms with van der Waals surface area (Å²) in [5, 5.41) is 18.4. The number of aliphatic hydroxyl groups is 2. The zero-order chi connectivity index (χ0) is 13.5. The van der Waals surface area contributed by atoms with Crippen molar-refractivity contribution in [3.05, 3.63) is 32.6 Å². The third-order valence-corrected chi connectivity index (χ3v) is 2.88. The molecule has 0 aliphatic carbocycles. The van der Waals surface area contributed by atoms with Gasteiger partial charge in [0.15, 0.2) is 0 Å². The minimum absolute atomic E-state index is 0.136. The lowest BCUT2D eigenvalue weighted by Crippen LogP contribution is -2.42. The van der Waals surface area contributed by atoms with Gasteiger partial charge in [-0.25, -0.2) is 9.36 Å². The predicted octanol–water partition coefficient (Wildman–Crippen LogP) is -1.43. The maximum absolute atomic E-state index is 14.5. The van der Waals surface area contributed by atoms with Crippen molar-refractivity contribution in [3.63, 3.8) is 0 Å². The van der Waals surface area contributed by atoms with Crippen LogP contribution in [-0.2, 0) is 10.7 Å². The maximum Gasteiger partial charge on any atom is 0.332 e. The van der Waals surface area contributed by atoms with Crippen molar-refractivity contribution in [2.45, 2.75) is 31.5 Å². The summed E-state index contributed by atoms with van der Waals surface area (Å²) < 4.78 is 19.9. The van der Waals surface area contributed by atoms with E-state index < -0.39 is 42.5 Å². The number of hydrogen-bond acceptors (Lipinski definition) is 5. The van der Waals surface area contributed by atoms with Gasteiger partial charge in [-0.1, -0.05) is 0 Å². The first-order valence-corrected chi connectivity index (χ1v) is 5.36. The van der Waals surface area contributed by atoms with Crippen molar-refractivity contribution in [1.29, 1.82) is 0 Å². The number of aryl methyl sites for hydroxylation is 1. The Morgan fingerprint density at radius 2 is 2.33 bits per heavy atom. The van der Waals surface area contributed by atoms with Gasteiger partial charge in [-0.05, 0) is 6.92 Å². The number of ether oxygens (including phenoxy) is 1. The van der Waals surface area contributed by atoms with Gasteiger partial charge in [0.1, 0.15) is 6.10 Å². The molecule has 1 fully saturated rings. The molecule has 1 saturated heterocycles.